The third kappa shape index (κ3) is 1.72. The summed E-state index contributed by atoms with van der Waals surface area (Å²) in [6, 6.07) is 1.35. The number of furan rings is 1. The van der Waals surface area contributed by atoms with Crippen LogP contribution in [0.1, 0.15) is 29.5 Å². The molecule has 0 radical (unpaired) electrons. The zero-order valence-corrected chi connectivity index (χ0v) is 8.97. The smallest absolute Gasteiger partial charge is 0.339 e. The van der Waals surface area contributed by atoms with Gasteiger partial charge in [0.25, 0.3) is 0 Å². The van der Waals surface area contributed by atoms with Crippen LogP contribution in [0.2, 0.25) is 0 Å². The Labute approximate surface area is 92.6 Å². The Kier molecular flexibility index (Phi) is 2.73. The van der Waals surface area contributed by atoms with Crippen molar-refractivity contribution in [2.75, 3.05) is 13.2 Å². The molecule has 2 unspecified atom stereocenters. The van der Waals surface area contributed by atoms with Gasteiger partial charge in [0, 0.05) is 12.5 Å². The van der Waals surface area contributed by atoms with Crippen LogP contribution in [-0.4, -0.2) is 29.4 Å². The van der Waals surface area contributed by atoms with Gasteiger partial charge in [-0.1, -0.05) is 0 Å². The van der Waals surface area contributed by atoms with Crippen LogP contribution in [0.4, 0.5) is 0 Å². The second-order valence-electron chi connectivity index (χ2n) is 4.18. The van der Waals surface area contributed by atoms with E-state index in [0.29, 0.717) is 19.6 Å². The lowest BCUT2D eigenvalue weighted by Crippen LogP contribution is -2.33. The summed E-state index contributed by atoms with van der Waals surface area (Å²) in [5, 5.41) is 19.3. The predicted molar refractivity (Wildman–Crippen MR) is 54.2 cm³/mol. The maximum absolute atomic E-state index is 10.9. The van der Waals surface area contributed by atoms with Crippen LogP contribution in [0.15, 0.2) is 16.7 Å². The molecule has 1 aromatic rings. The van der Waals surface area contributed by atoms with Crippen molar-refractivity contribution in [3.63, 3.8) is 0 Å². The maximum Gasteiger partial charge on any atom is 0.339 e. The van der Waals surface area contributed by atoms with Crippen molar-refractivity contribution in [2.45, 2.75) is 18.9 Å². The van der Waals surface area contributed by atoms with E-state index in [1.165, 1.54) is 12.3 Å². The first-order valence-corrected chi connectivity index (χ1v) is 5.15. The summed E-state index contributed by atoms with van der Waals surface area (Å²) < 4.78 is 10.3. The molecule has 5 heteroatoms. The average molecular weight is 226 g/mol. The van der Waals surface area contributed by atoms with E-state index in [-0.39, 0.29) is 17.2 Å². The molecule has 1 aromatic heterocycles. The first-order valence-electron chi connectivity index (χ1n) is 5.15. The summed E-state index contributed by atoms with van der Waals surface area (Å²) in [7, 11) is 0. The van der Waals surface area contributed by atoms with E-state index in [1.807, 2.05) is 0 Å². The minimum atomic E-state index is -1.30. The molecule has 0 amide bonds. The van der Waals surface area contributed by atoms with Gasteiger partial charge in [-0.15, -0.1) is 0 Å². The highest BCUT2D eigenvalue weighted by atomic mass is 16.5. The highest BCUT2D eigenvalue weighted by Crippen LogP contribution is 2.36. The van der Waals surface area contributed by atoms with E-state index in [4.69, 9.17) is 14.3 Å². The predicted octanol–water partition coefficient (Wildman–Crippen LogP) is 1.22. The molecule has 0 bridgehead atoms. The van der Waals surface area contributed by atoms with Crippen molar-refractivity contribution >= 4 is 5.97 Å². The Hall–Kier alpha value is -1.33. The second-order valence-corrected chi connectivity index (χ2v) is 4.18. The Morgan fingerprint density at radius 1 is 1.62 bits per heavy atom. The molecule has 1 aliphatic heterocycles. The highest BCUT2D eigenvalue weighted by Gasteiger charge is 2.41. The van der Waals surface area contributed by atoms with Crippen LogP contribution in [0, 0.1) is 5.92 Å². The summed E-state index contributed by atoms with van der Waals surface area (Å²) in [6.45, 7) is 2.58. The van der Waals surface area contributed by atoms with E-state index in [2.05, 4.69) is 0 Å². The molecule has 2 rings (SSSR count). The van der Waals surface area contributed by atoms with E-state index in [1.54, 1.807) is 6.92 Å². The highest BCUT2D eigenvalue weighted by molar-refractivity contribution is 5.89. The topological polar surface area (TPSA) is 79.9 Å². The molecule has 88 valence electrons. The van der Waals surface area contributed by atoms with Crippen molar-refractivity contribution in [1.29, 1.82) is 0 Å². The Balaban J connectivity index is 2.34. The zero-order chi connectivity index (χ0) is 11.8. The summed E-state index contributed by atoms with van der Waals surface area (Å²) in [5.74, 6) is -1.12. The maximum atomic E-state index is 10.9. The Morgan fingerprint density at radius 2 is 2.38 bits per heavy atom. The fourth-order valence-electron chi connectivity index (χ4n) is 2.03. The van der Waals surface area contributed by atoms with Crippen LogP contribution < -0.4 is 0 Å². The number of hydrogen-bond donors (Lipinski definition) is 2. The van der Waals surface area contributed by atoms with Crippen LogP contribution >= 0.6 is 0 Å². The monoisotopic (exact) mass is 226 g/mol. The van der Waals surface area contributed by atoms with Crippen molar-refractivity contribution in [3.8, 4) is 0 Å². The first kappa shape index (κ1) is 11.2. The number of hydrogen-bond acceptors (Lipinski definition) is 4. The average Bonchev–Trinajstić information content (AvgIpc) is 2.89. The van der Waals surface area contributed by atoms with Crippen molar-refractivity contribution in [1.82, 2.24) is 0 Å². The molecule has 0 aromatic carbocycles. The summed E-state index contributed by atoms with van der Waals surface area (Å²) in [5.41, 5.74) is -1.29. The molecule has 0 saturated carbocycles. The Morgan fingerprint density at radius 3 is 2.94 bits per heavy atom. The minimum Gasteiger partial charge on any atom is -0.478 e. The molecule has 1 fully saturated rings. The number of aromatic carboxylic acids is 1. The molecule has 5 nitrogen and oxygen atoms in total. The standard InChI is InChI=1S/C11H14O5/c1-11(14,7-2-4-15-6-7)9-8(10(12)13)3-5-16-9/h3,5,7,14H,2,4,6H2,1H3,(H,12,13). The molecule has 0 aliphatic carbocycles. The van der Waals surface area contributed by atoms with Gasteiger partial charge < -0.3 is 19.4 Å². The summed E-state index contributed by atoms with van der Waals surface area (Å²) in [6.07, 6.45) is 1.98. The summed E-state index contributed by atoms with van der Waals surface area (Å²) in [4.78, 5) is 10.9. The molecule has 2 heterocycles. The molecular formula is C11H14O5. The van der Waals surface area contributed by atoms with Gasteiger partial charge in [0.05, 0.1) is 12.9 Å². The van der Waals surface area contributed by atoms with Gasteiger partial charge in [-0.3, -0.25) is 0 Å². The van der Waals surface area contributed by atoms with Gasteiger partial charge in [0.15, 0.2) is 0 Å². The molecule has 2 atom stereocenters. The minimum absolute atomic E-state index is 0.0110. The van der Waals surface area contributed by atoms with E-state index in [0.717, 1.165) is 0 Å². The van der Waals surface area contributed by atoms with Gasteiger partial charge >= 0.3 is 5.97 Å². The molecular weight excluding hydrogens is 212 g/mol. The fourth-order valence-corrected chi connectivity index (χ4v) is 2.03. The largest absolute Gasteiger partial charge is 0.478 e. The van der Waals surface area contributed by atoms with Crippen LogP contribution in [0.25, 0.3) is 0 Å². The molecule has 16 heavy (non-hydrogen) atoms. The van der Waals surface area contributed by atoms with E-state index < -0.39 is 11.6 Å². The third-order valence-corrected chi connectivity index (χ3v) is 3.08. The lowest BCUT2D eigenvalue weighted by atomic mass is 9.85. The summed E-state index contributed by atoms with van der Waals surface area (Å²) >= 11 is 0. The number of carbonyl (C=O) groups is 1. The normalized spacial score (nSPS) is 24.2. The quantitative estimate of drug-likeness (QED) is 0.810. The van der Waals surface area contributed by atoms with Crippen LogP contribution in [0.3, 0.4) is 0 Å². The second kappa shape index (κ2) is 3.92. The number of rotatable bonds is 3. The number of carboxylic acid groups (broad SMARTS) is 1. The number of carboxylic acids is 1. The van der Waals surface area contributed by atoms with Gasteiger partial charge in [-0.05, 0) is 19.4 Å². The number of ether oxygens (including phenoxy) is 1. The molecule has 1 aliphatic rings. The fraction of sp³-hybridized carbons (Fsp3) is 0.545. The third-order valence-electron chi connectivity index (χ3n) is 3.08. The van der Waals surface area contributed by atoms with Gasteiger partial charge in [-0.2, -0.15) is 0 Å². The SMILES string of the molecule is CC(O)(c1occc1C(=O)O)C1CCOC1. The van der Waals surface area contributed by atoms with E-state index in [9.17, 15) is 9.90 Å². The molecule has 1 saturated heterocycles. The lowest BCUT2D eigenvalue weighted by molar-refractivity contribution is -0.0288. The lowest BCUT2D eigenvalue weighted by Gasteiger charge is -2.27. The van der Waals surface area contributed by atoms with Crippen LogP contribution in [-0.2, 0) is 10.3 Å². The van der Waals surface area contributed by atoms with Crippen molar-refractivity contribution in [3.05, 3.63) is 23.7 Å². The van der Waals surface area contributed by atoms with Crippen molar-refractivity contribution < 1.29 is 24.2 Å². The van der Waals surface area contributed by atoms with Crippen LogP contribution in [0.5, 0.6) is 0 Å². The Bertz CT molecular complexity index is 387. The zero-order valence-electron chi connectivity index (χ0n) is 8.97. The van der Waals surface area contributed by atoms with Gasteiger partial charge in [-0.25, -0.2) is 4.79 Å². The van der Waals surface area contributed by atoms with Crippen molar-refractivity contribution in [2.24, 2.45) is 5.92 Å². The number of aliphatic hydroxyl groups is 1. The van der Waals surface area contributed by atoms with E-state index >= 15 is 0 Å². The molecule has 0 spiro atoms. The van der Waals surface area contributed by atoms with Gasteiger partial charge in [0.1, 0.15) is 16.9 Å². The molecule has 2 N–H and O–H groups in total. The first-order chi connectivity index (χ1) is 7.53. The van der Waals surface area contributed by atoms with Gasteiger partial charge in [0.2, 0.25) is 0 Å².